The first-order chi connectivity index (χ1) is 11.5. The van der Waals surface area contributed by atoms with Crippen molar-refractivity contribution >= 4 is 33.3 Å². The fourth-order valence-electron chi connectivity index (χ4n) is 2.36. The lowest BCUT2D eigenvalue weighted by Gasteiger charge is -2.11. The molecule has 1 unspecified atom stereocenters. The largest absolute Gasteiger partial charge is 0.383 e. The molecule has 0 spiro atoms. The maximum absolute atomic E-state index is 12.4. The number of methoxy groups -OCH3 is 1. The van der Waals surface area contributed by atoms with Crippen LogP contribution in [0, 0.1) is 13.8 Å². The van der Waals surface area contributed by atoms with E-state index in [1.807, 2.05) is 25.3 Å². The maximum atomic E-state index is 12.4. The summed E-state index contributed by atoms with van der Waals surface area (Å²) in [4.78, 5) is 21.9. The lowest BCUT2D eigenvalue weighted by atomic mass is 10.2. The van der Waals surface area contributed by atoms with Gasteiger partial charge < -0.3 is 14.3 Å². The molecule has 0 saturated heterocycles. The molecule has 0 aliphatic rings. The number of thiophene rings is 1. The highest BCUT2D eigenvalue weighted by atomic mass is 32.2. The molecule has 0 aliphatic heterocycles. The van der Waals surface area contributed by atoms with E-state index in [2.05, 4.69) is 20.2 Å². The minimum atomic E-state index is -0.0786. The van der Waals surface area contributed by atoms with Crippen LogP contribution in [-0.4, -0.2) is 38.4 Å². The van der Waals surface area contributed by atoms with Crippen molar-refractivity contribution in [3.05, 3.63) is 32.9 Å². The number of nitrogens with one attached hydrogen (secondary N) is 1. The number of aryl methyl sites for hydroxylation is 2. The van der Waals surface area contributed by atoms with Crippen molar-refractivity contribution < 1.29 is 4.74 Å². The van der Waals surface area contributed by atoms with Gasteiger partial charge in [-0.05, 0) is 26.3 Å². The summed E-state index contributed by atoms with van der Waals surface area (Å²) in [7, 11) is 1.66. The van der Waals surface area contributed by atoms with Gasteiger partial charge in [-0.2, -0.15) is 0 Å². The molecule has 0 aliphatic carbocycles. The van der Waals surface area contributed by atoms with Gasteiger partial charge >= 0.3 is 0 Å². The van der Waals surface area contributed by atoms with Crippen LogP contribution in [0.15, 0.2) is 16.3 Å². The molecule has 3 rings (SSSR count). The zero-order valence-electron chi connectivity index (χ0n) is 14.0. The minimum Gasteiger partial charge on any atom is -0.383 e. The van der Waals surface area contributed by atoms with Crippen molar-refractivity contribution in [2.75, 3.05) is 13.7 Å². The molecule has 3 heterocycles. The standard InChI is InChI=1S/C15H19N5O2S2/c1-8-9(2)23-14-11(8)13(21)17-12(18-14)10(3)24-15-19-16-7-20(15)5-6-22-4/h7,10H,5-6H2,1-4H3,(H,17,18,21). The van der Waals surface area contributed by atoms with Crippen LogP contribution >= 0.6 is 23.1 Å². The van der Waals surface area contributed by atoms with Crippen LogP contribution in [0.1, 0.15) is 28.4 Å². The van der Waals surface area contributed by atoms with Crippen molar-refractivity contribution in [3.63, 3.8) is 0 Å². The van der Waals surface area contributed by atoms with E-state index in [1.165, 1.54) is 11.8 Å². The summed E-state index contributed by atoms with van der Waals surface area (Å²) in [5, 5.41) is 9.52. The molecule has 0 saturated carbocycles. The summed E-state index contributed by atoms with van der Waals surface area (Å²) in [5.74, 6) is 0.653. The first kappa shape index (κ1) is 17.1. The molecular formula is C15H19N5O2S2. The maximum Gasteiger partial charge on any atom is 0.259 e. The van der Waals surface area contributed by atoms with Gasteiger partial charge in [0.15, 0.2) is 5.16 Å². The van der Waals surface area contributed by atoms with Crippen LogP contribution in [0.5, 0.6) is 0 Å². The van der Waals surface area contributed by atoms with Crippen LogP contribution < -0.4 is 5.56 Å². The average Bonchev–Trinajstić information content (AvgIpc) is 3.10. The Bertz CT molecular complexity index is 914. The Morgan fingerprint density at radius 3 is 3.00 bits per heavy atom. The predicted molar refractivity (Wildman–Crippen MR) is 95.9 cm³/mol. The highest BCUT2D eigenvalue weighted by molar-refractivity contribution is 7.99. The summed E-state index contributed by atoms with van der Waals surface area (Å²) in [6.07, 6.45) is 1.68. The quantitative estimate of drug-likeness (QED) is 0.676. The van der Waals surface area contributed by atoms with E-state index in [0.717, 1.165) is 20.4 Å². The number of thioether (sulfide) groups is 1. The number of H-pyrrole nitrogens is 1. The Kier molecular flexibility index (Phi) is 5.02. The number of rotatable bonds is 6. The SMILES string of the molecule is COCCn1cnnc1SC(C)c1nc2sc(C)c(C)c2c(=O)[nH]1. The number of hydrogen-bond donors (Lipinski definition) is 1. The summed E-state index contributed by atoms with van der Waals surface area (Å²) in [6.45, 7) is 7.25. The Labute approximate surface area is 147 Å². The van der Waals surface area contributed by atoms with E-state index in [9.17, 15) is 4.79 Å². The van der Waals surface area contributed by atoms with Gasteiger partial charge in [-0.1, -0.05) is 11.8 Å². The van der Waals surface area contributed by atoms with Crippen molar-refractivity contribution in [2.45, 2.75) is 37.7 Å². The van der Waals surface area contributed by atoms with Crippen molar-refractivity contribution in [3.8, 4) is 0 Å². The van der Waals surface area contributed by atoms with Crippen molar-refractivity contribution in [2.24, 2.45) is 0 Å². The Morgan fingerprint density at radius 2 is 2.25 bits per heavy atom. The summed E-state index contributed by atoms with van der Waals surface area (Å²) in [5.41, 5.74) is 0.931. The second-order valence-corrected chi connectivity index (χ2v) is 7.99. The molecule has 0 radical (unpaired) electrons. The van der Waals surface area contributed by atoms with E-state index in [-0.39, 0.29) is 10.8 Å². The number of ether oxygens (including phenoxy) is 1. The van der Waals surface area contributed by atoms with Gasteiger partial charge in [0.2, 0.25) is 0 Å². The smallest absolute Gasteiger partial charge is 0.259 e. The van der Waals surface area contributed by atoms with Crippen LogP contribution in [0.2, 0.25) is 0 Å². The molecule has 0 bridgehead atoms. The van der Waals surface area contributed by atoms with E-state index in [4.69, 9.17) is 4.74 Å². The van der Waals surface area contributed by atoms with Crippen LogP contribution in [0.4, 0.5) is 0 Å². The zero-order valence-corrected chi connectivity index (χ0v) is 15.6. The molecule has 1 N–H and O–H groups in total. The lowest BCUT2D eigenvalue weighted by molar-refractivity contribution is 0.184. The predicted octanol–water partition coefficient (Wildman–Crippen LogP) is 2.69. The third-order valence-electron chi connectivity index (χ3n) is 3.84. The second kappa shape index (κ2) is 7.04. The highest BCUT2D eigenvalue weighted by Crippen LogP contribution is 2.33. The number of hydrogen-bond acceptors (Lipinski definition) is 7. The first-order valence-corrected chi connectivity index (χ1v) is 9.24. The van der Waals surface area contributed by atoms with Gasteiger partial charge in [0.05, 0.1) is 17.2 Å². The van der Waals surface area contributed by atoms with Crippen molar-refractivity contribution in [1.82, 2.24) is 24.7 Å². The molecule has 7 nitrogen and oxygen atoms in total. The number of fused-ring (bicyclic) bond motifs is 1. The van der Waals surface area contributed by atoms with E-state index >= 15 is 0 Å². The topological polar surface area (TPSA) is 85.7 Å². The van der Waals surface area contributed by atoms with Crippen LogP contribution in [0.25, 0.3) is 10.2 Å². The van der Waals surface area contributed by atoms with E-state index in [1.54, 1.807) is 24.8 Å². The van der Waals surface area contributed by atoms with Gasteiger partial charge in [-0.3, -0.25) is 4.79 Å². The van der Waals surface area contributed by atoms with Gasteiger partial charge in [0, 0.05) is 18.5 Å². The molecular weight excluding hydrogens is 346 g/mol. The average molecular weight is 365 g/mol. The second-order valence-electron chi connectivity index (χ2n) is 5.47. The van der Waals surface area contributed by atoms with Crippen LogP contribution in [0.3, 0.4) is 0 Å². The lowest BCUT2D eigenvalue weighted by Crippen LogP contribution is -2.13. The fraction of sp³-hybridized carbons (Fsp3) is 0.467. The number of aromatic amines is 1. The fourth-order valence-corrected chi connectivity index (χ4v) is 4.30. The normalized spacial score (nSPS) is 12.8. The van der Waals surface area contributed by atoms with Gasteiger partial charge in [-0.15, -0.1) is 21.5 Å². The van der Waals surface area contributed by atoms with E-state index < -0.39 is 0 Å². The monoisotopic (exact) mass is 365 g/mol. The summed E-state index contributed by atoms with van der Waals surface area (Å²) >= 11 is 3.07. The molecule has 128 valence electrons. The Hall–Kier alpha value is -1.71. The minimum absolute atomic E-state index is 0.0460. The molecule has 24 heavy (non-hydrogen) atoms. The number of aromatic nitrogens is 5. The highest BCUT2D eigenvalue weighted by Gasteiger charge is 2.18. The molecule has 0 fully saturated rings. The Balaban J connectivity index is 1.88. The van der Waals surface area contributed by atoms with Gasteiger partial charge in [-0.25, -0.2) is 4.98 Å². The zero-order chi connectivity index (χ0) is 17.3. The van der Waals surface area contributed by atoms with Crippen LogP contribution in [-0.2, 0) is 11.3 Å². The molecule has 1 atom stereocenters. The molecule has 9 heteroatoms. The molecule has 3 aromatic rings. The first-order valence-electron chi connectivity index (χ1n) is 7.54. The van der Waals surface area contributed by atoms with Crippen molar-refractivity contribution in [1.29, 1.82) is 0 Å². The number of nitrogens with zero attached hydrogens (tertiary/aromatic N) is 4. The molecule has 3 aromatic heterocycles. The third-order valence-corrected chi connectivity index (χ3v) is 6.05. The van der Waals surface area contributed by atoms with Gasteiger partial charge in [0.1, 0.15) is 17.0 Å². The Morgan fingerprint density at radius 1 is 1.46 bits per heavy atom. The third kappa shape index (κ3) is 3.24. The molecule has 0 amide bonds. The van der Waals surface area contributed by atoms with Gasteiger partial charge in [0.25, 0.3) is 5.56 Å². The van der Waals surface area contributed by atoms with E-state index in [0.29, 0.717) is 24.4 Å². The summed E-state index contributed by atoms with van der Waals surface area (Å²) < 4.78 is 7.02. The molecule has 0 aromatic carbocycles. The summed E-state index contributed by atoms with van der Waals surface area (Å²) in [6, 6.07) is 0.